The second kappa shape index (κ2) is 23.3. The Morgan fingerprint density at radius 3 is 1.04 bits per heavy atom. The van der Waals surface area contributed by atoms with Crippen molar-refractivity contribution in [2.24, 2.45) is 0 Å². The number of para-hydroxylation sites is 6. The van der Waals surface area contributed by atoms with Crippen LogP contribution in [0.15, 0.2) is 340 Å². The zero-order chi connectivity index (χ0) is 66.9. The second-order valence-corrected chi connectivity index (χ2v) is 28.2. The SMILES string of the molecule is c1ccc(-c2cc(-c3ccc4sc5ccccc5c4c3)nc(-n3c4ccccc4c4ccc5c6ccccc6n(-c6ccccc6)c5c43)n2)cc1.c1ccc(-c2cc(-c3cccc4sc5ccccc5c34)nc(-n3c4ccccc4c4ccc5c6ccccc6n(-c6ccccc6)c5c43)n2)cc1. The highest BCUT2D eigenvalue weighted by Crippen LogP contribution is 2.46. The average molecular weight is 1340 g/mol. The molecule has 102 heavy (non-hydrogen) atoms. The van der Waals surface area contributed by atoms with E-state index in [1.165, 1.54) is 94.5 Å². The van der Waals surface area contributed by atoms with E-state index in [9.17, 15) is 0 Å². The molecule has 22 rings (SSSR count). The molecule has 14 aromatic carbocycles. The molecule has 0 bridgehead atoms. The van der Waals surface area contributed by atoms with Crippen LogP contribution in [-0.2, 0) is 0 Å². The molecule has 8 aromatic heterocycles. The standard InChI is InChI=1S/2C46H28N4S/c1-3-14-29(15-4-1)37-28-38(35-21-13-25-42-43(35)36-20-9-12-24-41(36)51-42)48-46(47-37)50-40-23-11-8-19-32(40)34-27-26-33-31-18-7-10-22-39(31)49(44(33)45(34)50)30-16-5-2-6-17-30;1-3-13-29(14-4-1)38-28-39(30-23-26-43-37(27-30)34-19-9-12-22-42(34)51-43)48-46(47-38)50-41-21-11-8-18-33(41)36-25-24-35-32-17-7-10-20-40(32)49(44(35)45(36)50)31-15-5-2-6-16-31/h2*1-28H. The van der Waals surface area contributed by atoms with E-state index < -0.39 is 0 Å². The maximum absolute atomic E-state index is 5.52. The van der Waals surface area contributed by atoms with Crippen LogP contribution < -0.4 is 0 Å². The van der Waals surface area contributed by atoms with E-state index in [1.54, 1.807) is 0 Å². The predicted molar refractivity (Wildman–Crippen MR) is 429 cm³/mol. The van der Waals surface area contributed by atoms with Gasteiger partial charge in [0, 0.05) is 117 Å². The van der Waals surface area contributed by atoms with Crippen LogP contribution in [0.3, 0.4) is 0 Å². The van der Waals surface area contributed by atoms with Crippen molar-refractivity contribution in [2.45, 2.75) is 0 Å². The molecule has 0 radical (unpaired) electrons. The monoisotopic (exact) mass is 1340 g/mol. The molecule has 0 N–H and O–H groups in total. The molecule has 8 heterocycles. The van der Waals surface area contributed by atoms with Crippen LogP contribution in [-0.4, -0.2) is 38.2 Å². The fourth-order valence-corrected chi connectivity index (χ4v) is 18.1. The molecule has 0 amide bonds. The summed E-state index contributed by atoms with van der Waals surface area (Å²) in [7, 11) is 0. The van der Waals surface area contributed by atoms with Crippen LogP contribution in [0, 0.1) is 0 Å². The normalized spacial score (nSPS) is 11.9. The number of hydrogen-bond donors (Lipinski definition) is 0. The van der Waals surface area contributed by atoms with Crippen molar-refractivity contribution in [3.05, 3.63) is 340 Å². The highest BCUT2D eigenvalue weighted by molar-refractivity contribution is 7.26. The summed E-state index contributed by atoms with van der Waals surface area (Å²) >= 11 is 3.66. The minimum absolute atomic E-state index is 0.644. The molecule has 8 nitrogen and oxygen atoms in total. The molecule has 0 aliphatic rings. The highest BCUT2D eigenvalue weighted by Gasteiger charge is 2.27. The molecule has 0 atom stereocenters. The first kappa shape index (κ1) is 57.9. The Morgan fingerprint density at radius 1 is 0.206 bits per heavy atom. The first-order valence-electron chi connectivity index (χ1n) is 34.4. The van der Waals surface area contributed by atoms with Gasteiger partial charge in [-0.15, -0.1) is 22.7 Å². The van der Waals surface area contributed by atoms with E-state index in [0.717, 1.165) is 89.5 Å². The van der Waals surface area contributed by atoms with Gasteiger partial charge in [-0.25, -0.2) is 19.9 Å². The molecule has 476 valence electrons. The molecule has 0 aliphatic carbocycles. The van der Waals surface area contributed by atoms with Gasteiger partial charge in [0.1, 0.15) is 0 Å². The van der Waals surface area contributed by atoms with Gasteiger partial charge in [0.15, 0.2) is 0 Å². The van der Waals surface area contributed by atoms with Gasteiger partial charge in [-0.3, -0.25) is 9.13 Å². The molecule has 0 spiro atoms. The summed E-state index contributed by atoms with van der Waals surface area (Å²) in [6.07, 6.45) is 0. The van der Waals surface area contributed by atoms with Crippen LogP contribution in [0.4, 0.5) is 0 Å². The molecule has 0 saturated heterocycles. The van der Waals surface area contributed by atoms with Crippen LogP contribution >= 0.6 is 22.7 Å². The summed E-state index contributed by atoms with van der Waals surface area (Å²) in [6, 6.07) is 121. The lowest BCUT2D eigenvalue weighted by atomic mass is 10.0. The van der Waals surface area contributed by atoms with Crippen LogP contribution in [0.5, 0.6) is 0 Å². The summed E-state index contributed by atoms with van der Waals surface area (Å²) in [5.74, 6) is 1.29. The summed E-state index contributed by atoms with van der Waals surface area (Å²) in [4.78, 5) is 21.8. The number of benzene rings is 14. The van der Waals surface area contributed by atoms with E-state index >= 15 is 0 Å². The highest BCUT2D eigenvalue weighted by atomic mass is 32.1. The van der Waals surface area contributed by atoms with Gasteiger partial charge >= 0.3 is 0 Å². The Hall–Kier alpha value is -13.1. The van der Waals surface area contributed by atoms with E-state index in [1.807, 2.05) is 28.7 Å². The summed E-state index contributed by atoms with van der Waals surface area (Å²) < 4.78 is 14.5. The smallest absolute Gasteiger partial charge is 0.235 e. The quantitative estimate of drug-likeness (QED) is 0.152. The lowest BCUT2D eigenvalue weighted by Gasteiger charge is -2.14. The van der Waals surface area contributed by atoms with Crippen molar-refractivity contribution < 1.29 is 0 Å². The molecule has 0 aliphatic heterocycles. The Kier molecular flexibility index (Phi) is 13.2. The Morgan fingerprint density at radius 2 is 0.549 bits per heavy atom. The number of thiophene rings is 2. The maximum Gasteiger partial charge on any atom is 0.235 e. The minimum Gasteiger partial charge on any atom is -0.307 e. The Bertz CT molecular complexity index is 7120. The largest absolute Gasteiger partial charge is 0.307 e. The third-order valence-corrected chi connectivity index (χ3v) is 22.6. The van der Waals surface area contributed by atoms with E-state index in [2.05, 4.69) is 352 Å². The van der Waals surface area contributed by atoms with Crippen molar-refractivity contribution in [2.75, 3.05) is 0 Å². The lowest BCUT2D eigenvalue weighted by Crippen LogP contribution is -2.05. The number of aromatic nitrogens is 8. The number of nitrogens with zero attached hydrogens (tertiary/aromatic N) is 8. The predicted octanol–water partition coefficient (Wildman–Crippen LogP) is 24.7. The molecule has 22 aromatic rings. The summed E-state index contributed by atoms with van der Waals surface area (Å²) in [6.45, 7) is 0. The average Bonchev–Trinajstić information content (AvgIpc) is 1.55. The van der Waals surface area contributed by atoms with Crippen LogP contribution in [0.2, 0.25) is 0 Å². The summed E-state index contributed by atoms with van der Waals surface area (Å²) in [5, 5.41) is 14.5. The lowest BCUT2D eigenvalue weighted by molar-refractivity contribution is 0.995. The number of hydrogen-bond acceptors (Lipinski definition) is 6. The Labute approximate surface area is 592 Å². The van der Waals surface area contributed by atoms with Crippen molar-refractivity contribution in [1.82, 2.24) is 38.2 Å². The van der Waals surface area contributed by atoms with E-state index in [-0.39, 0.29) is 0 Å². The van der Waals surface area contributed by atoms with Crippen molar-refractivity contribution in [3.63, 3.8) is 0 Å². The number of rotatable bonds is 8. The van der Waals surface area contributed by atoms with Gasteiger partial charge in [0.2, 0.25) is 11.9 Å². The minimum atomic E-state index is 0.644. The molecular weight excluding hydrogens is 1280 g/mol. The fourth-order valence-electron chi connectivity index (χ4n) is 15.8. The first-order chi connectivity index (χ1) is 50.6. The van der Waals surface area contributed by atoms with E-state index in [4.69, 9.17) is 19.9 Å². The van der Waals surface area contributed by atoms with Gasteiger partial charge < -0.3 is 9.13 Å². The third kappa shape index (κ3) is 9.06. The van der Waals surface area contributed by atoms with Crippen LogP contribution in [0.25, 0.3) is 196 Å². The summed E-state index contributed by atoms with van der Waals surface area (Å²) in [5.41, 5.74) is 19.0. The van der Waals surface area contributed by atoms with Gasteiger partial charge in [0.05, 0.1) is 66.9 Å². The van der Waals surface area contributed by atoms with Crippen LogP contribution in [0.1, 0.15) is 0 Å². The molecule has 10 heteroatoms. The van der Waals surface area contributed by atoms with Gasteiger partial charge in [-0.05, 0) is 91.0 Å². The zero-order valence-electron chi connectivity index (χ0n) is 54.7. The van der Waals surface area contributed by atoms with Gasteiger partial charge in [0.25, 0.3) is 0 Å². The first-order valence-corrected chi connectivity index (χ1v) is 36.0. The third-order valence-electron chi connectivity index (χ3n) is 20.3. The molecule has 0 unspecified atom stereocenters. The van der Waals surface area contributed by atoms with Crippen molar-refractivity contribution >= 4 is 150 Å². The van der Waals surface area contributed by atoms with Crippen molar-refractivity contribution in [3.8, 4) is 68.3 Å². The molecule has 0 fully saturated rings. The maximum atomic E-state index is 5.52. The molecule has 0 saturated carbocycles. The topological polar surface area (TPSA) is 71.3 Å². The van der Waals surface area contributed by atoms with Crippen molar-refractivity contribution in [1.29, 1.82) is 0 Å². The Balaban J connectivity index is 0.000000133. The van der Waals surface area contributed by atoms with Gasteiger partial charge in [-0.1, -0.05) is 249 Å². The number of fused-ring (bicyclic) bond motifs is 20. The zero-order valence-corrected chi connectivity index (χ0v) is 56.4. The fraction of sp³-hybridized carbons (Fsp3) is 0. The van der Waals surface area contributed by atoms with E-state index in [0.29, 0.717) is 11.9 Å². The van der Waals surface area contributed by atoms with Gasteiger partial charge in [-0.2, -0.15) is 0 Å². The second-order valence-electron chi connectivity index (χ2n) is 26.0. The molecular formula is C92H56N8S2.